The van der Waals surface area contributed by atoms with Crippen LogP contribution in [0.1, 0.15) is 15.9 Å². The standard InChI is InChI=1S/C14H8BrF2IO/c15-12-6-9(16)2-1-8(12)5-14(19)11-4-3-10(17)7-13(11)18/h1-4,6-7H,5H2. The molecule has 0 aromatic heterocycles. The summed E-state index contributed by atoms with van der Waals surface area (Å²) in [6.07, 6.45) is 0.141. The van der Waals surface area contributed by atoms with Crippen LogP contribution in [-0.2, 0) is 6.42 Å². The summed E-state index contributed by atoms with van der Waals surface area (Å²) in [5.41, 5.74) is 1.17. The Balaban J connectivity index is 2.25. The van der Waals surface area contributed by atoms with Gasteiger partial charge in [-0.05, 0) is 58.5 Å². The van der Waals surface area contributed by atoms with Gasteiger partial charge in [0.05, 0.1) is 0 Å². The lowest BCUT2D eigenvalue weighted by atomic mass is 10.0. The molecule has 0 saturated heterocycles. The summed E-state index contributed by atoms with van der Waals surface area (Å²) in [6, 6.07) is 8.23. The van der Waals surface area contributed by atoms with Crippen molar-refractivity contribution in [1.82, 2.24) is 0 Å². The van der Waals surface area contributed by atoms with Crippen molar-refractivity contribution in [1.29, 1.82) is 0 Å². The first-order valence-electron chi connectivity index (χ1n) is 5.39. The fourth-order valence-corrected chi connectivity index (χ4v) is 2.92. The van der Waals surface area contributed by atoms with Gasteiger partial charge >= 0.3 is 0 Å². The van der Waals surface area contributed by atoms with Crippen molar-refractivity contribution in [3.05, 3.63) is 67.2 Å². The predicted octanol–water partition coefficient (Wildman–Crippen LogP) is 4.76. The van der Waals surface area contributed by atoms with Gasteiger partial charge in [0, 0.05) is 20.0 Å². The highest BCUT2D eigenvalue weighted by Crippen LogP contribution is 2.22. The number of ketones is 1. The molecule has 0 atom stereocenters. The largest absolute Gasteiger partial charge is 0.294 e. The molecule has 0 aliphatic rings. The summed E-state index contributed by atoms with van der Waals surface area (Å²) in [4.78, 5) is 12.1. The maximum absolute atomic E-state index is 13.0. The smallest absolute Gasteiger partial charge is 0.168 e. The molecule has 2 rings (SSSR count). The summed E-state index contributed by atoms with van der Waals surface area (Å²) < 4.78 is 27.1. The number of carbonyl (C=O) groups excluding carboxylic acids is 1. The van der Waals surface area contributed by atoms with Gasteiger partial charge < -0.3 is 0 Å². The van der Waals surface area contributed by atoms with E-state index in [1.54, 1.807) is 6.07 Å². The zero-order chi connectivity index (χ0) is 14.0. The third-order valence-corrected chi connectivity index (χ3v) is 4.23. The van der Waals surface area contributed by atoms with E-state index in [-0.39, 0.29) is 23.8 Å². The van der Waals surface area contributed by atoms with Crippen molar-refractivity contribution in [2.45, 2.75) is 6.42 Å². The maximum Gasteiger partial charge on any atom is 0.168 e. The van der Waals surface area contributed by atoms with Crippen molar-refractivity contribution < 1.29 is 13.6 Å². The minimum atomic E-state index is -0.371. The fraction of sp³-hybridized carbons (Fsp3) is 0.0714. The van der Waals surface area contributed by atoms with E-state index in [1.807, 2.05) is 22.6 Å². The normalized spacial score (nSPS) is 10.5. The SMILES string of the molecule is O=C(Cc1ccc(F)cc1Br)c1ccc(F)cc1I. The molecule has 98 valence electrons. The van der Waals surface area contributed by atoms with Crippen LogP contribution < -0.4 is 0 Å². The molecule has 5 heteroatoms. The highest BCUT2D eigenvalue weighted by Gasteiger charge is 2.13. The van der Waals surface area contributed by atoms with E-state index in [9.17, 15) is 13.6 Å². The number of hydrogen-bond acceptors (Lipinski definition) is 1. The average Bonchev–Trinajstić information content (AvgIpc) is 2.32. The second-order valence-corrected chi connectivity index (χ2v) is 5.98. The topological polar surface area (TPSA) is 17.1 Å². The minimum Gasteiger partial charge on any atom is -0.294 e. The predicted molar refractivity (Wildman–Crippen MR) is 81.3 cm³/mol. The highest BCUT2D eigenvalue weighted by atomic mass is 127. The molecule has 2 aromatic carbocycles. The molecule has 0 radical (unpaired) electrons. The van der Waals surface area contributed by atoms with E-state index in [4.69, 9.17) is 0 Å². The molecule has 0 amide bonds. The van der Waals surface area contributed by atoms with Gasteiger partial charge in [0.15, 0.2) is 5.78 Å². The van der Waals surface area contributed by atoms with Crippen molar-refractivity contribution in [3.63, 3.8) is 0 Å². The summed E-state index contributed by atoms with van der Waals surface area (Å²) in [7, 11) is 0. The van der Waals surface area contributed by atoms with Crippen molar-refractivity contribution in [2.24, 2.45) is 0 Å². The quantitative estimate of drug-likeness (QED) is 0.501. The van der Waals surface area contributed by atoms with Crippen LogP contribution in [-0.4, -0.2) is 5.78 Å². The number of Topliss-reactive ketones (excluding diaryl/α,β-unsaturated/α-hetero) is 1. The van der Waals surface area contributed by atoms with Gasteiger partial charge in [-0.2, -0.15) is 0 Å². The molecule has 0 saturated carbocycles. The first-order chi connectivity index (χ1) is 8.97. The van der Waals surface area contributed by atoms with Gasteiger partial charge in [-0.15, -0.1) is 0 Å². The van der Waals surface area contributed by atoms with Crippen LogP contribution in [0.4, 0.5) is 8.78 Å². The Morgan fingerprint density at radius 3 is 2.37 bits per heavy atom. The van der Waals surface area contributed by atoms with Gasteiger partial charge in [0.1, 0.15) is 11.6 Å². The molecule has 0 heterocycles. The maximum atomic E-state index is 13.0. The van der Waals surface area contributed by atoms with Crippen molar-refractivity contribution in [3.8, 4) is 0 Å². The minimum absolute atomic E-state index is 0.128. The molecule has 1 nitrogen and oxygen atoms in total. The van der Waals surface area contributed by atoms with Gasteiger partial charge in [-0.25, -0.2) is 8.78 Å². The molecule has 0 spiro atoms. The third kappa shape index (κ3) is 3.60. The Morgan fingerprint density at radius 1 is 1.11 bits per heavy atom. The van der Waals surface area contributed by atoms with Crippen molar-refractivity contribution >= 4 is 44.3 Å². The Morgan fingerprint density at radius 2 is 1.74 bits per heavy atom. The van der Waals surface area contributed by atoms with Crippen molar-refractivity contribution in [2.75, 3.05) is 0 Å². The van der Waals surface area contributed by atoms with Gasteiger partial charge in [0.2, 0.25) is 0 Å². The second kappa shape index (κ2) is 6.09. The van der Waals surface area contributed by atoms with Crippen LogP contribution in [0.15, 0.2) is 40.9 Å². The summed E-state index contributed by atoms with van der Waals surface area (Å²) in [5, 5.41) is 0. The second-order valence-electron chi connectivity index (χ2n) is 3.96. The number of halogens is 4. The first-order valence-corrected chi connectivity index (χ1v) is 7.26. The number of benzene rings is 2. The van der Waals surface area contributed by atoms with E-state index in [2.05, 4.69) is 15.9 Å². The first kappa shape index (κ1) is 14.6. The molecular formula is C14H8BrF2IO. The Labute approximate surface area is 131 Å². The lowest BCUT2D eigenvalue weighted by molar-refractivity contribution is 0.0992. The van der Waals surface area contributed by atoms with Crippen LogP contribution in [0.5, 0.6) is 0 Å². The van der Waals surface area contributed by atoms with Gasteiger partial charge in [0.25, 0.3) is 0 Å². The Hall–Kier alpha value is -0.820. The molecule has 0 aliphatic carbocycles. The summed E-state index contributed by atoms with van der Waals surface area (Å²) in [5.74, 6) is -0.861. The lowest BCUT2D eigenvalue weighted by Gasteiger charge is -2.06. The van der Waals surface area contributed by atoms with Crippen LogP contribution >= 0.6 is 38.5 Å². The molecule has 0 aliphatic heterocycles. The number of rotatable bonds is 3. The molecule has 0 unspecified atom stereocenters. The molecule has 0 bridgehead atoms. The molecular weight excluding hydrogens is 429 g/mol. The van der Waals surface area contributed by atoms with Gasteiger partial charge in [-0.1, -0.05) is 22.0 Å². The summed E-state index contributed by atoms with van der Waals surface area (Å²) in [6.45, 7) is 0. The molecule has 2 aromatic rings. The van der Waals surface area contributed by atoms with Crippen LogP contribution in [0.3, 0.4) is 0 Å². The van der Waals surface area contributed by atoms with E-state index in [0.717, 1.165) is 0 Å². The average molecular weight is 437 g/mol. The van der Waals surface area contributed by atoms with E-state index < -0.39 is 0 Å². The highest BCUT2D eigenvalue weighted by molar-refractivity contribution is 14.1. The third-order valence-electron chi connectivity index (χ3n) is 2.60. The van der Waals surface area contributed by atoms with E-state index >= 15 is 0 Å². The molecule has 0 N–H and O–H groups in total. The van der Waals surface area contributed by atoms with E-state index in [0.29, 0.717) is 19.2 Å². The molecule has 19 heavy (non-hydrogen) atoms. The number of carbonyl (C=O) groups is 1. The van der Waals surface area contributed by atoms with Crippen LogP contribution in [0, 0.1) is 15.2 Å². The summed E-state index contributed by atoms with van der Waals surface area (Å²) >= 11 is 5.15. The fourth-order valence-electron chi connectivity index (χ4n) is 1.65. The number of hydrogen-bond donors (Lipinski definition) is 0. The van der Waals surface area contributed by atoms with Crippen LogP contribution in [0.25, 0.3) is 0 Å². The lowest BCUT2D eigenvalue weighted by Crippen LogP contribution is -2.06. The van der Waals surface area contributed by atoms with Gasteiger partial charge in [-0.3, -0.25) is 4.79 Å². The Kier molecular flexibility index (Phi) is 4.67. The zero-order valence-electron chi connectivity index (χ0n) is 9.59. The zero-order valence-corrected chi connectivity index (χ0v) is 13.3. The van der Waals surface area contributed by atoms with E-state index in [1.165, 1.54) is 30.3 Å². The monoisotopic (exact) mass is 436 g/mol. The Bertz CT molecular complexity index is 643. The van der Waals surface area contributed by atoms with Crippen LogP contribution in [0.2, 0.25) is 0 Å². The molecule has 0 fully saturated rings.